The van der Waals surface area contributed by atoms with Crippen molar-refractivity contribution < 1.29 is 19.5 Å². The molecule has 1 amide bonds. The lowest BCUT2D eigenvalue weighted by atomic mass is 9.98. The van der Waals surface area contributed by atoms with Crippen molar-refractivity contribution in [2.45, 2.75) is 12.5 Å². The Kier molecular flexibility index (Phi) is 3.14. The number of aliphatic carboxylic acids is 1. The van der Waals surface area contributed by atoms with Crippen molar-refractivity contribution in [3.63, 3.8) is 0 Å². The SMILES string of the molecule is O=C(O)C1CN(C(=O)C2CC(c3ccccc3)=NO2)C1. The van der Waals surface area contributed by atoms with Crippen LogP contribution in [0.15, 0.2) is 35.5 Å². The van der Waals surface area contributed by atoms with E-state index in [4.69, 9.17) is 9.94 Å². The Bertz CT molecular complexity index is 564. The molecule has 1 unspecified atom stereocenters. The largest absolute Gasteiger partial charge is 0.481 e. The molecule has 0 aliphatic carbocycles. The molecule has 3 rings (SSSR count). The van der Waals surface area contributed by atoms with Gasteiger partial charge in [-0.25, -0.2) is 0 Å². The molecule has 0 radical (unpaired) electrons. The molecule has 6 nitrogen and oxygen atoms in total. The van der Waals surface area contributed by atoms with Gasteiger partial charge < -0.3 is 14.8 Å². The van der Waals surface area contributed by atoms with Crippen LogP contribution in [0.3, 0.4) is 0 Å². The molecular weight excluding hydrogens is 260 g/mol. The first kappa shape index (κ1) is 12.7. The number of nitrogens with zero attached hydrogens (tertiary/aromatic N) is 2. The summed E-state index contributed by atoms with van der Waals surface area (Å²) < 4.78 is 0. The zero-order chi connectivity index (χ0) is 14.1. The van der Waals surface area contributed by atoms with E-state index < -0.39 is 18.0 Å². The number of benzene rings is 1. The van der Waals surface area contributed by atoms with E-state index in [1.165, 1.54) is 4.90 Å². The second-order valence-electron chi connectivity index (χ2n) is 4.98. The molecule has 2 heterocycles. The third-order valence-corrected chi connectivity index (χ3v) is 3.59. The highest BCUT2D eigenvalue weighted by molar-refractivity contribution is 6.04. The Hall–Kier alpha value is -2.37. The molecule has 1 aromatic rings. The Morgan fingerprint density at radius 3 is 2.60 bits per heavy atom. The van der Waals surface area contributed by atoms with Crippen molar-refractivity contribution in [3.05, 3.63) is 35.9 Å². The van der Waals surface area contributed by atoms with Crippen LogP contribution in [0.5, 0.6) is 0 Å². The minimum atomic E-state index is -0.859. The fraction of sp³-hybridized carbons (Fsp3) is 0.357. The lowest BCUT2D eigenvalue weighted by molar-refractivity contribution is -0.157. The first-order valence-electron chi connectivity index (χ1n) is 6.45. The van der Waals surface area contributed by atoms with Crippen molar-refractivity contribution in [2.24, 2.45) is 11.1 Å². The molecule has 0 saturated carbocycles. The van der Waals surface area contributed by atoms with Gasteiger partial charge in [0.2, 0.25) is 6.10 Å². The maximum atomic E-state index is 12.1. The molecule has 6 heteroatoms. The average Bonchev–Trinajstić information content (AvgIpc) is 2.87. The molecule has 2 aliphatic rings. The number of oxime groups is 1. The quantitative estimate of drug-likeness (QED) is 0.881. The lowest BCUT2D eigenvalue weighted by Gasteiger charge is -2.37. The third-order valence-electron chi connectivity index (χ3n) is 3.59. The zero-order valence-corrected chi connectivity index (χ0v) is 10.7. The van der Waals surface area contributed by atoms with E-state index in [0.29, 0.717) is 6.42 Å². The van der Waals surface area contributed by atoms with Crippen LogP contribution < -0.4 is 0 Å². The summed E-state index contributed by atoms with van der Waals surface area (Å²) in [5.74, 6) is -1.49. The summed E-state index contributed by atoms with van der Waals surface area (Å²) in [6, 6.07) is 9.55. The predicted molar refractivity (Wildman–Crippen MR) is 70.2 cm³/mol. The van der Waals surface area contributed by atoms with Gasteiger partial charge in [0.25, 0.3) is 5.91 Å². The number of likely N-dealkylation sites (tertiary alicyclic amines) is 1. The van der Waals surface area contributed by atoms with Crippen molar-refractivity contribution in [2.75, 3.05) is 13.1 Å². The van der Waals surface area contributed by atoms with Gasteiger partial charge in [0.1, 0.15) is 0 Å². The smallest absolute Gasteiger partial charge is 0.310 e. The Morgan fingerprint density at radius 1 is 1.25 bits per heavy atom. The van der Waals surface area contributed by atoms with E-state index in [1.807, 2.05) is 30.3 Å². The topological polar surface area (TPSA) is 79.2 Å². The molecule has 2 aliphatic heterocycles. The van der Waals surface area contributed by atoms with Gasteiger partial charge in [-0.05, 0) is 5.56 Å². The summed E-state index contributed by atoms with van der Waals surface area (Å²) in [6.07, 6.45) is -0.197. The first-order valence-corrected chi connectivity index (χ1v) is 6.45. The van der Waals surface area contributed by atoms with Gasteiger partial charge in [0.15, 0.2) is 0 Å². The number of hydrogen-bond donors (Lipinski definition) is 1. The van der Waals surface area contributed by atoms with Crippen LogP contribution in [0.2, 0.25) is 0 Å². The molecule has 20 heavy (non-hydrogen) atoms. The minimum Gasteiger partial charge on any atom is -0.481 e. The van der Waals surface area contributed by atoms with Crippen molar-refractivity contribution >= 4 is 17.6 Å². The highest BCUT2D eigenvalue weighted by Gasteiger charge is 2.41. The van der Waals surface area contributed by atoms with Crippen LogP contribution in [0.4, 0.5) is 0 Å². The maximum Gasteiger partial charge on any atom is 0.310 e. The fourth-order valence-electron chi connectivity index (χ4n) is 2.33. The normalized spacial score (nSPS) is 21.9. The highest BCUT2D eigenvalue weighted by Crippen LogP contribution is 2.23. The minimum absolute atomic E-state index is 0.183. The maximum absolute atomic E-state index is 12.1. The Balaban J connectivity index is 1.57. The van der Waals surface area contributed by atoms with Gasteiger partial charge in [0.05, 0.1) is 11.6 Å². The summed E-state index contributed by atoms with van der Waals surface area (Å²) in [4.78, 5) is 29.5. The van der Waals surface area contributed by atoms with E-state index in [-0.39, 0.29) is 19.0 Å². The molecule has 1 N–H and O–H groups in total. The summed E-state index contributed by atoms with van der Waals surface area (Å²) in [6.45, 7) is 0.517. The third kappa shape index (κ3) is 2.24. The number of hydrogen-bond acceptors (Lipinski definition) is 4. The summed E-state index contributed by atoms with van der Waals surface area (Å²) in [5, 5.41) is 12.8. The van der Waals surface area contributed by atoms with Gasteiger partial charge in [-0.15, -0.1) is 0 Å². The van der Waals surface area contributed by atoms with Crippen molar-refractivity contribution in [1.82, 2.24) is 4.90 Å². The number of carbonyl (C=O) groups excluding carboxylic acids is 1. The molecule has 1 atom stereocenters. The molecule has 1 aromatic carbocycles. The van der Waals surface area contributed by atoms with E-state index in [2.05, 4.69) is 5.16 Å². The Morgan fingerprint density at radius 2 is 1.95 bits per heavy atom. The molecular formula is C14H14N2O4. The average molecular weight is 274 g/mol. The van der Waals surface area contributed by atoms with Crippen LogP contribution >= 0.6 is 0 Å². The van der Waals surface area contributed by atoms with Crippen LogP contribution in [0.1, 0.15) is 12.0 Å². The van der Waals surface area contributed by atoms with Gasteiger partial charge >= 0.3 is 5.97 Å². The van der Waals surface area contributed by atoms with Gasteiger partial charge in [-0.2, -0.15) is 0 Å². The zero-order valence-electron chi connectivity index (χ0n) is 10.7. The van der Waals surface area contributed by atoms with Crippen LogP contribution in [-0.2, 0) is 14.4 Å². The van der Waals surface area contributed by atoms with E-state index >= 15 is 0 Å². The van der Waals surface area contributed by atoms with Crippen LogP contribution in [0, 0.1) is 5.92 Å². The predicted octanol–water partition coefficient (Wildman–Crippen LogP) is 0.723. The van der Waals surface area contributed by atoms with Crippen molar-refractivity contribution in [1.29, 1.82) is 0 Å². The van der Waals surface area contributed by atoms with Gasteiger partial charge in [0, 0.05) is 19.5 Å². The molecule has 0 bridgehead atoms. The van der Waals surface area contributed by atoms with Gasteiger partial charge in [-0.3, -0.25) is 9.59 Å². The van der Waals surface area contributed by atoms with E-state index in [9.17, 15) is 9.59 Å². The van der Waals surface area contributed by atoms with Crippen LogP contribution in [0.25, 0.3) is 0 Å². The number of carboxylic acid groups (broad SMARTS) is 1. The molecule has 104 valence electrons. The molecule has 1 saturated heterocycles. The van der Waals surface area contributed by atoms with Crippen molar-refractivity contribution in [3.8, 4) is 0 Å². The summed E-state index contributed by atoms with van der Waals surface area (Å²) in [5.41, 5.74) is 1.69. The number of rotatable bonds is 3. The molecule has 0 spiro atoms. The number of carboxylic acids is 1. The van der Waals surface area contributed by atoms with Crippen LogP contribution in [-0.4, -0.2) is 46.8 Å². The summed E-state index contributed by atoms with van der Waals surface area (Å²) >= 11 is 0. The molecule has 1 fully saturated rings. The Labute approximate surface area is 115 Å². The number of amides is 1. The monoisotopic (exact) mass is 274 g/mol. The van der Waals surface area contributed by atoms with E-state index in [1.54, 1.807) is 0 Å². The number of carbonyl (C=O) groups is 2. The molecule has 0 aromatic heterocycles. The van der Waals surface area contributed by atoms with E-state index in [0.717, 1.165) is 11.3 Å². The second-order valence-corrected chi connectivity index (χ2v) is 4.98. The second kappa shape index (κ2) is 4.96. The fourth-order valence-corrected chi connectivity index (χ4v) is 2.33. The highest BCUT2D eigenvalue weighted by atomic mass is 16.6. The standard InChI is InChI=1S/C14H14N2O4/c17-13(16-7-10(8-16)14(18)19)12-6-11(15-20-12)9-4-2-1-3-5-9/h1-5,10,12H,6-8H2,(H,18,19). The summed E-state index contributed by atoms with van der Waals surface area (Å²) in [7, 11) is 0. The first-order chi connectivity index (χ1) is 9.65. The van der Waals surface area contributed by atoms with Gasteiger partial charge in [-0.1, -0.05) is 35.5 Å². The lowest BCUT2D eigenvalue weighted by Crippen LogP contribution is -2.55.